The second kappa shape index (κ2) is 5.03. The van der Waals surface area contributed by atoms with Gasteiger partial charge in [-0.1, -0.05) is 34.1 Å². The molecule has 1 aromatic carbocycles. The molecule has 0 radical (unpaired) electrons. The third kappa shape index (κ3) is 3.19. The zero-order valence-corrected chi connectivity index (χ0v) is 9.01. The second-order valence-corrected chi connectivity index (χ2v) is 3.60. The van der Waals surface area contributed by atoms with Gasteiger partial charge in [-0.05, 0) is 30.2 Å². The molecule has 0 aliphatic heterocycles. The molecule has 1 nitrogen and oxygen atoms in total. The summed E-state index contributed by atoms with van der Waals surface area (Å²) in [6.07, 6.45) is 1.86. The highest BCUT2D eigenvalue weighted by molar-refractivity contribution is 9.10. The van der Waals surface area contributed by atoms with E-state index in [0.29, 0.717) is 0 Å². The predicted molar refractivity (Wildman–Crippen MR) is 58.4 cm³/mol. The van der Waals surface area contributed by atoms with Crippen LogP contribution in [0.3, 0.4) is 0 Å². The highest BCUT2D eigenvalue weighted by atomic mass is 79.9. The van der Waals surface area contributed by atoms with Gasteiger partial charge in [-0.15, -0.1) is 5.73 Å². The van der Waals surface area contributed by atoms with E-state index in [1.54, 1.807) is 0 Å². The Morgan fingerprint density at radius 3 is 2.85 bits per heavy atom. The number of hydrogen-bond acceptors (Lipinski definition) is 1. The van der Waals surface area contributed by atoms with Crippen LogP contribution in [0, 0.1) is 0 Å². The normalized spacial score (nSPS) is 9.15. The summed E-state index contributed by atoms with van der Waals surface area (Å²) < 4.78 is 1.04. The molecule has 2 heteroatoms. The number of rotatable bonds is 2. The highest BCUT2D eigenvalue weighted by Crippen LogP contribution is 2.16. The molecule has 1 rings (SSSR count). The van der Waals surface area contributed by atoms with Gasteiger partial charge in [0.1, 0.15) is 0 Å². The Morgan fingerprint density at radius 2 is 2.23 bits per heavy atom. The second-order valence-electron chi connectivity index (χ2n) is 2.75. The van der Waals surface area contributed by atoms with Gasteiger partial charge in [0.15, 0.2) is 0 Å². The molecule has 0 aliphatic carbocycles. The molecular weight excluding hydrogens is 228 g/mol. The third-order valence-corrected chi connectivity index (χ3v) is 2.34. The van der Waals surface area contributed by atoms with Crippen LogP contribution in [0.25, 0.3) is 6.08 Å². The lowest BCUT2D eigenvalue weighted by molar-refractivity contribution is 0.332. The van der Waals surface area contributed by atoms with E-state index in [9.17, 15) is 0 Å². The Hall–Kier alpha value is -0.820. The summed E-state index contributed by atoms with van der Waals surface area (Å²) in [5, 5.41) is 8.75. The van der Waals surface area contributed by atoms with Crippen LogP contribution < -0.4 is 0 Å². The average Bonchev–Trinajstić information content (AvgIpc) is 2.16. The molecule has 0 fully saturated rings. The Bertz CT molecular complexity index is 349. The minimum atomic E-state index is 0.0565. The van der Waals surface area contributed by atoms with Crippen molar-refractivity contribution in [3.63, 3.8) is 0 Å². The van der Waals surface area contributed by atoms with E-state index in [0.717, 1.165) is 15.6 Å². The van der Waals surface area contributed by atoms with Crippen molar-refractivity contribution in [2.24, 2.45) is 0 Å². The Balaban J connectivity index is 2.98. The van der Waals surface area contributed by atoms with Crippen molar-refractivity contribution in [2.45, 2.75) is 6.92 Å². The molecule has 0 heterocycles. The fraction of sp³-hybridized carbons (Fsp3) is 0.182. The molecule has 0 aromatic heterocycles. The Morgan fingerprint density at radius 1 is 1.54 bits per heavy atom. The number of aliphatic hydroxyl groups excluding tert-OH is 1. The van der Waals surface area contributed by atoms with Crippen molar-refractivity contribution >= 4 is 22.0 Å². The van der Waals surface area contributed by atoms with Crippen LogP contribution >= 0.6 is 15.9 Å². The van der Waals surface area contributed by atoms with E-state index in [4.69, 9.17) is 5.11 Å². The summed E-state index contributed by atoms with van der Waals surface area (Å²) in [5.41, 5.74) is 4.90. The van der Waals surface area contributed by atoms with Gasteiger partial charge in [0.05, 0.1) is 6.61 Å². The van der Waals surface area contributed by atoms with Crippen LogP contribution in [0.1, 0.15) is 12.5 Å². The van der Waals surface area contributed by atoms with Gasteiger partial charge in [0.2, 0.25) is 0 Å². The lowest BCUT2D eigenvalue weighted by Gasteiger charge is -1.94. The molecule has 0 aliphatic rings. The van der Waals surface area contributed by atoms with Crippen LogP contribution in [0.4, 0.5) is 0 Å². The fourth-order valence-electron chi connectivity index (χ4n) is 0.839. The van der Waals surface area contributed by atoms with Crippen LogP contribution in [-0.2, 0) is 0 Å². The van der Waals surface area contributed by atoms with Crippen molar-refractivity contribution in [3.05, 3.63) is 45.6 Å². The summed E-state index contributed by atoms with van der Waals surface area (Å²) >= 11 is 3.43. The fourth-order valence-corrected chi connectivity index (χ4v) is 1.24. The summed E-state index contributed by atoms with van der Waals surface area (Å²) in [6.45, 7) is 1.90. The lowest BCUT2D eigenvalue weighted by Crippen LogP contribution is -1.80. The van der Waals surface area contributed by atoms with Crippen LogP contribution in [-0.4, -0.2) is 11.7 Å². The molecule has 0 saturated heterocycles. The molecule has 0 atom stereocenters. The third-order valence-electron chi connectivity index (χ3n) is 1.62. The van der Waals surface area contributed by atoms with Gasteiger partial charge >= 0.3 is 0 Å². The first-order chi connectivity index (χ1) is 6.24. The average molecular weight is 239 g/mol. The Kier molecular flexibility index (Phi) is 3.97. The van der Waals surface area contributed by atoms with E-state index in [1.165, 1.54) is 0 Å². The van der Waals surface area contributed by atoms with Gasteiger partial charge in [0.25, 0.3) is 0 Å². The first-order valence-corrected chi connectivity index (χ1v) is 4.81. The van der Waals surface area contributed by atoms with Crippen LogP contribution in [0.5, 0.6) is 0 Å². The highest BCUT2D eigenvalue weighted by Gasteiger charge is 1.91. The molecule has 0 unspecified atom stereocenters. The van der Waals surface area contributed by atoms with Crippen molar-refractivity contribution in [1.29, 1.82) is 0 Å². The summed E-state index contributed by atoms with van der Waals surface area (Å²) in [4.78, 5) is 0. The first kappa shape index (κ1) is 10.3. The lowest BCUT2D eigenvalue weighted by atomic mass is 10.2. The number of aliphatic hydroxyl groups is 1. The van der Waals surface area contributed by atoms with Crippen molar-refractivity contribution in [1.82, 2.24) is 0 Å². The van der Waals surface area contributed by atoms with Gasteiger partial charge in [-0.3, -0.25) is 0 Å². The number of halogens is 1. The van der Waals surface area contributed by atoms with Gasteiger partial charge in [-0.25, -0.2) is 0 Å². The maximum Gasteiger partial charge on any atom is 0.0713 e. The molecule has 1 N–H and O–H groups in total. The topological polar surface area (TPSA) is 20.2 Å². The largest absolute Gasteiger partial charge is 0.391 e. The maximum absolute atomic E-state index is 8.75. The minimum absolute atomic E-state index is 0.0565. The van der Waals surface area contributed by atoms with Gasteiger partial charge in [-0.2, -0.15) is 0 Å². The molecule has 0 spiro atoms. The smallest absolute Gasteiger partial charge is 0.0713 e. The molecular formula is C11H11BrO. The van der Waals surface area contributed by atoms with Crippen molar-refractivity contribution in [3.8, 4) is 0 Å². The van der Waals surface area contributed by atoms with E-state index in [-0.39, 0.29) is 6.61 Å². The van der Waals surface area contributed by atoms with E-state index in [1.807, 2.05) is 37.3 Å². The summed E-state index contributed by atoms with van der Waals surface area (Å²) in [5.74, 6) is 0. The van der Waals surface area contributed by atoms with E-state index in [2.05, 4.69) is 21.7 Å². The Labute approximate surface area is 86.5 Å². The zero-order valence-electron chi connectivity index (χ0n) is 7.42. The van der Waals surface area contributed by atoms with Crippen LogP contribution in [0.15, 0.2) is 40.0 Å². The quantitative estimate of drug-likeness (QED) is 0.786. The number of benzene rings is 1. The molecule has 0 amide bonds. The predicted octanol–water partition coefficient (Wildman–Crippen LogP) is 3.00. The number of hydrogen-bond donors (Lipinski definition) is 1. The maximum atomic E-state index is 8.75. The van der Waals surface area contributed by atoms with E-state index < -0.39 is 0 Å². The molecule has 0 saturated carbocycles. The van der Waals surface area contributed by atoms with E-state index >= 15 is 0 Å². The van der Waals surface area contributed by atoms with Crippen molar-refractivity contribution in [2.75, 3.05) is 6.61 Å². The van der Waals surface area contributed by atoms with Gasteiger partial charge in [0, 0.05) is 4.47 Å². The summed E-state index contributed by atoms with van der Waals surface area (Å²) in [7, 11) is 0. The molecule has 68 valence electrons. The molecule has 1 aromatic rings. The SMILES string of the molecule is CC(=C=Cc1ccccc1Br)CO. The minimum Gasteiger partial charge on any atom is -0.391 e. The molecule has 13 heavy (non-hydrogen) atoms. The standard InChI is InChI=1S/C11H11BrO/c1-9(8-13)6-7-10-4-2-3-5-11(10)12/h2-5,7,13H,8H2,1H3. The monoisotopic (exact) mass is 238 g/mol. The molecule has 0 bridgehead atoms. The zero-order chi connectivity index (χ0) is 9.68. The first-order valence-electron chi connectivity index (χ1n) is 4.01. The summed E-state index contributed by atoms with van der Waals surface area (Å²) in [6, 6.07) is 7.89. The van der Waals surface area contributed by atoms with Gasteiger partial charge < -0.3 is 5.11 Å². The van der Waals surface area contributed by atoms with Crippen LogP contribution in [0.2, 0.25) is 0 Å². The van der Waals surface area contributed by atoms with Crippen molar-refractivity contribution < 1.29 is 5.11 Å².